The van der Waals surface area contributed by atoms with E-state index in [1.165, 1.54) is 0 Å². The summed E-state index contributed by atoms with van der Waals surface area (Å²) in [7, 11) is 0. The summed E-state index contributed by atoms with van der Waals surface area (Å²) in [6.45, 7) is 6.90. The Balaban J connectivity index is 2.23. The minimum atomic E-state index is 0.0189. The Bertz CT molecular complexity index is 617. The van der Waals surface area contributed by atoms with Crippen LogP contribution in [0.25, 0.3) is 5.69 Å². The first kappa shape index (κ1) is 15.6. The molecule has 2 rings (SSSR count). The lowest BCUT2D eigenvalue weighted by Gasteiger charge is -2.19. The van der Waals surface area contributed by atoms with Crippen LogP contribution in [0.1, 0.15) is 26.5 Å². The van der Waals surface area contributed by atoms with E-state index in [9.17, 15) is 0 Å². The topological polar surface area (TPSA) is 42.7 Å². The largest absolute Gasteiger partial charge is 0.306 e. The highest BCUT2D eigenvalue weighted by molar-refractivity contribution is 6.43. The van der Waals surface area contributed by atoms with Gasteiger partial charge < -0.3 is 5.32 Å². The molecule has 0 unspecified atom stereocenters. The molecule has 0 saturated carbocycles. The van der Waals surface area contributed by atoms with Gasteiger partial charge in [0.15, 0.2) is 0 Å². The molecule has 108 valence electrons. The molecule has 1 N–H and O–H groups in total. The summed E-state index contributed by atoms with van der Waals surface area (Å²) >= 11 is 18.1. The van der Waals surface area contributed by atoms with Crippen molar-refractivity contribution >= 4 is 34.8 Å². The summed E-state index contributed by atoms with van der Waals surface area (Å²) < 4.78 is 1.59. The number of halogens is 3. The SMILES string of the molecule is CC(C)(C)NCc1cn(-c2cc(Cl)c(Cl)cc2Cl)nn1. The maximum absolute atomic E-state index is 6.15. The highest BCUT2D eigenvalue weighted by Crippen LogP contribution is 2.30. The van der Waals surface area contributed by atoms with E-state index in [1.807, 2.05) is 6.20 Å². The van der Waals surface area contributed by atoms with Gasteiger partial charge in [-0.3, -0.25) is 0 Å². The third-order valence-electron chi connectivity index (χ3n) is 2.58. The number of hydrogen-bond donors (Lipinski definition) is 1. The van der Waals surface area contributed by atoms with Gasteiger partial charge in [0.1, 0.15) is 0 Å². The van der Waals surface area contributed by atoms with Crippen molar-refractivity contribution in [1.29, 1.82) is 0 Å². The van der Waals surface area contributed by atoms with Crippen LogP contribution < -0.4 is 5.32 Å². The Kier molecular flexibility index (Phi) is 4.59. The molecule has 0 amide bonds. The molecule has 0 bridgehead atoms. The minimum absolute atomic E-state index is 0.0189. The van der Waals surface area contributed by atoms with Crippen LogP contribution in [0.15, 0.2) is 18.3 Å². The molecule has 2 aromatic rings. The molecule has 20 heavy (non-hydrogen) atoms. The average molecular weight is 334 g/mol. The predicted molar refractivity (Wildman–Crippen MR) is 83.0 cm³/mol. The first-order chi connectivity index (χ1) is 9.26. The van der Waals surface area contributed by atoms with Gasteiger partial charge in [0, 0.05) is 12.1 Å². The Morgan fingerprint density at radius 2 is 1.75 bits per heavy atom. The van der Waals surface area contributed by atoms with Crippen LogP contribution in [0.2, 0.25) is 15.1 Å². The van der Waals surface area contributed by atoms with E-state index < -0.39 is 0 Å². The maximum atomic E-state index is 6.15. The lowest BCUT2D eigenvalue weighted by Crippen LogP contribution is -2.35. The molecule has 0 spiro atoms. The van der Waals surface area contributed by atoms with Crippen molar-refractivity contribution in [2.75, 3.05) is 0 Å². The number of rotatable bonds is 3. The lowest BCUT2D eigenvalue weighted by atomic mass is 10.1. The highest BCUT2D eigenvalue weighted by Gasteiger charge is 2.12. The third-order valence-corrected chi connectivity index (χ3v) is 3.60. The van der Waals surface area contributed by atoms with Gasteiger partial charge in [-0.25, -0.2) is 4.68 Å². The summed E-state index contributed by atoms with van der Waals surface area (Å²) in [5.74, 6) is 0. The lowest BCUT2D eigenvalue weighted by molar-refractivity contribution is 0.421. The highest BCUT2D eigenvalue weighted by atomic mass is 35.5. The number of nitrogens with zero attached hydrogens (tertiary/aromatic N) is 3. The molecular formula is C13H15Cl3N4. The molecule has 0 aliphatic heterocycles. The van der Waals surface area contributed by atoms with E-state index in [2.05, 4.69) is 36.4 Å². The Labute approximate surface area is 133 Å². The van der Waals surface area contributed by atoms with Gasteiger partial charge in [0.25, 0.3) is 0 Å². The molecule has 1 aromatic carbocycles. The molecule has 4 nitrogen and oxygen atoms in total. The van der Waals surface area contributed by atoms with Crippen molar-refractivity contribution in [3.63, 3.8) is 0 Å². The van der Waals surface area contributed by atoms with E-state index in [1.54, 1.807) is 16.8 Å². The molecule has 0 radical (unpaired) electrons. The number of nitrogens with one attached hydrogen (secondary N) is 1. The van der Waals surface area contributed by atoms with E-state index in [0.29, 0.717) is 27.3 Å². The standard InChI is InChI=1S/C13H15Cl3N4/c1-13(2,3)17-6-8-7-20(19-18-8)12-5-10(15)9(14)4-11(12)16/h4-5,7,17H,6H2,1-3H3. The van der Waals surface area contributed by atoms with Gasteiger partial charge in [-0.05, 0) is 32.9 Å². The Morgan fingerprint density at radius 1 is 1.10 bits per heavy atom. The van der Waals surface area contributed by atoms with Crippen molar-refractivity contribution in [1.82, 2.24) is 20.3 Å². The van der Waals surface area contributed by atoms with Crippen LogP contribution in [-0.4, -0.2) is 20.5 Å². The van der Waals surface area contributed by atoms with E-state index in [0.717, 1.165) is 5.69 Å². The molecule has 0 atom stereocenters. The van der Waals surface area contributed by atoms with E-state index in [-0.39, 0.29) is 5.54 Å². The second kappa shape index (κ2) is 5.90. The van der Waals surface area contributed by atoms with Crippen molar-refractivity contribution in [3.8, 4) is 5.69 Å². The molecule has 7 heteroatoms. The molecule has 0 saturated heterocycles. The van der Waals surface area contributed by atoms with Crippen LogP contribution in [0, 0.1) is 0 Å². The Morgan fingerprint density at radius 3 is 2.40 bits per heavy atom. The average Bonchev–Trinajstić information content (AvgIpc) is 2.79. The predicted octanol–water partition coefficient (Wildman–Crippen LogP) is 4.12. The molecule has 0 aliphatic carbocycles. The monoisotopic (exact) mass is 332 g/mol. The van der Waals surface area contributed by atoms with Gasteiger partial charge in [0.05, 0.1) is 32.6 Å². The first-order valence-corrected chi connectivity index (χ1v) is 7.21. The van der Waals surface area contributed by atoms with Gasteiger partial charge in [-0.15, -0.1) is 5.10 Å². The quantitative estimate of drug-likeness (QED) is 0.859. The van der Waals surface area contributed by atoms with Gasteiger partial charge >= 0.3 is 0 Å². The number of hydrogen-bond acceptors (Lipinski definition) is 3. The van der Waals surface area contributed by atoms with E-state index >= 15 is 0 Å². The molecule has 1 heterocycles. The van der Waals surface area contributed by atoms with E-state index in [4.69, 9.17) is 34.8 Å². The normalized spacial score (nSPS) is 11.9. The fourth-order valence-corrected chi connectivity index (χ4v) is 2.17. The summed E-state index contributed by atoms with van der Waals surface area (Å²) in [5.41, 5.74) is 1.49. The number of benzene rings is 1. The fraction of sp³-hybridized carbons (Fsp3) is 0.385. The van der Waals surface area contributed by atoms with Crippen LogP contribution in [0.3, 0.4) is 0 Å². The van der Waals surface area contributed by atoms with Crippen molar-refractivity contribution < 1.29 is 0 Å². The second-order valence-electron chi connectivity index (χ2n) is 5.48. The van der Waals surface area contributed by atoms with Crippen LogP contribution in [0.5, 0.6) is 0 Å². The summed E-state index contributed by atoms with van der Waals surface area (Å²) in [6.07, 6.45) is 1.81. The van der Waals surface area contributed by atoms with Crippen molar-refractivity contribution in [3.05, 3.63) is 39.1 Å². The van der Waals surface area contributed by atoms with Crippen molar-refractivity contribution in [2.45, 2.75) is 32.9 Å². The second-order valence-corrected chi connectivity index (χ2v) is 6.70. The maximum Gasteiger partial charge on any atom is 0.0969 e. The first-order valence-electron chi connectivity index (χ1n) is 6.07. The molecule has 1 aromatic heterocycles. The number of aromatic nitrogens is 3. The third kappa shape index (κ3) is 3.85. The van der Waals surface area contributed by atoms with Gasteiger partial charge in [0.2, 0.25) is 0 Å². The van der Waals surface area contributed by atoms with Crippen molar-refractivity contribution in [2.24, 2.45) is 0 Å². The molecular weight excluding hydrogens is 319 g/mol. The molecule has 0 aliphatic rings. The zero-order valence-electron chi connectivity index (χ0n) is 11.4. The summed E-state index contributed by atoms with van der Waals surface area (Å²) in [6, 6.07) is 3.26. The fourth-order valence-electron chi connectivity index (χ4n) is 1.54. The smallest absolute Gasteiger partial charge is 0.0969 e. The minimum Gasteiger partial charge on any atom is -0.306 e. The van der Waals surface area contributed by atoms with Crippen LogP contribution in [0.4, 0.5) is 0 Å². The zero-order valence-corrected chi connectivity index (χ0v) is 13.7. The Hall–Kier alpha value is -0.810. The van der Waals surface area contributed by atoms with Gasteiger partial charge in [-0.2, -0.15) is 0 Å². The molecule has 0 fully saturated rings. The zero-order chi connectivity index (χ0) is 14.9. The van der Waals surface area contributed by atoms with Crippen LogP contribution >= 0.6 is 34.8 Å². The van der Waals surface area contributed by atoms with Crippen LogP contribution in [-0.2, 0) is 6.54 Å². The summed E-state index contributed by atoms with van der Waals surface area (Å²) in [4.78, 5) is 0. The summed E-state index contributed by atoms with van der Waals surface area (Å²) in [5, 5.41) is 12.8. The van der Waals surface area contributed by atoms with Gasteiger partial charge in [-0.1, -0.05) is 40.0 Å².